The van der Waals surface area contributed by atoms with E-state index in [1.165, 1.54) is 109 Å². The summed E-state index contributed by atoms with van der Waals surface area (Å²) in [6.07, 6.45) is 0. The minimum atomic E-state index is -1.52. The Labute approximate surface area is 395 Å². The number of fused-ring (bicyclic) bond motifs is 2. The first-order chi connectivity index (χ1) is 30.5. The molecule has 0 atom stereocenters. The topological polar surface area (TPSA) is 24.1 Å². The minimum absolute atomic E-state index is 0.346. The van der Waals surface area contributed by atoms with E-state index in [0.717, 1.165) is 13.1 Å². The van der Waals surface area contributed by atoms with Crippen molar-refractivity contribution < 1.29 is 15.1 Å². The van der Waals surface area contributed by atoms with Crippen LogP contribution in [-0.4, -0.2) is 27.2 Å². The van der Waals surface area contributed by atoms with Gasteiger partial charge in [-0.3, -0.25) is 0 Å². The zero-order valence-electron chi connectivity index (χ0n) is 38.4. The van der Waals surface area contributed by atoms with Crippen molar-refractivity contribution in [2.45, 2.75) is 55.4 Å². The van der Waals surface area contributed by atoms with Crippen molar-refractivity contribution in [3.63, 3.8) is 0 Å². The van der Waals surface area contributed by atoms with Crippen LogP contribution in [0.15, 0.2) is 146 Å². The van der Waals surface area contributed by atoms with Crippen molar-refractivity contribution in [2.75, 3.05) is 27.2 Å². The van der Waals surface area contributed by atoms with E-state index >= 15 is 0 Å². The summed E-state index contributed by atoms with van der Waals surface area (Å²) in [6, 6.07) is 55.6. The second-order valence-electron chi connectivity index (χ2n) is 16.5. The van der Waals surface area contributed by atoms with Crippen molar-refractivity contribution >= 4 is 88.6 Å². The quantitative estimate of drug-likeness (QED) is 0.0811. The second-order valence-corrected chi connectivity index (χ2v) is 23.7. The third kappa shape index (κ3) is 10.7. The third-order valence-electron chi connectivity index (χ3n) is 12.2. The van der Waals surface area contributed by atoms with Gasteiger partial charge in [0.05, 0.1) is 0 Å². The summed E-state index contributed by atoms with van der Waals surface area (Å²) in [5.41, 5.74) is 13.8. The fourth-order valence-corrected chi connectivity index (χ4v) is 16.3. The first-order valence-electron chi connectivity index (χ1n) is 21.7. The molecule has 0 aliphatic heterocycles. The van der Waals surface area contributed by atoms with Crippen LogP contribution in [0.25, 0.3) is 32.7 Å². The van der Waals surface area contributed by atoms with Crippen LogP contribution in [0.5, 0.6) is 0 Å². The standard InChI is InChI=1S/C52H48P2.C4H12N2.2ClH.Ru/c1-33-17-13-18-34(2)49(33)53(50-35(3)19-14-20-36(50)4)45-31-29-41-25-9-11-27-43(41)47(45)48-44-28-12-10-26-42(44)30-32-46(48)54(51-37(5)21-15-22-38(51)6)52-39(7)23-16-24-40(52)8;1-5-3-4-6-2;;;/h9-32H,1-8H3;5-6H,3-4H2,1-2H3;2*1H;/q;;;;+4. The van der Waals surface area contributed by atoms with Gasteiger partial charge in [0.1, 0.15) is 47.7 Å². The molecule has 2 nitrogen and oxygen atoms in total. The van der Waals surface area contributed by atoms with Gasteiger partial charge in [0.15, 0.2) is 0 Å². The molecule has 0 unspecified atom stereocenters. The Morgan fingerprint density at radius 3 is 0.873 bits per heavy atom. The molecule has 0 aromatic heterocycles. The first-order valence-corrected chi connectivity index (χ1v) is 29.2. The molecule has 2 N–H and O–H groups in total. The van der Waals surface area contributed by atoms with Gasteiger partial charge in [-0.1, -0.05) is 133 Å². The van der Waals surface area contributed by atoms with Crippen LogP contribution in [0.4, 0.5) is 0 Å². The van der Waals surface area contributed by atoms with Crippen LogP contribution in [0, 0.1) is 55.4 Å². The molecule has 8 rings (SSSR count). The molecule has 0 aliphatic rings. The van der Waals surface area contributed by atoms with E-state index in [0.29, 0.717) is 0 Å². The molecule has 0 saturated heterocycles. The van der Waals surface area contributed by atoms with E-state index in [-0.39, 0.29) is 15.1 Å². The number of hydrogen-bond acceptors (Lipinski definition) is 2. The molecule has 324 valence electrons. The zero-order chi connectivity index (χ0) is 45.2. The fourth-order valence-electron chi connectivity index (χ4n) is 9.37. The molecular formula is C56H62Cl2N2P2Ru+4. The van der Waals surface area contributed by atoms with Crippen molar-refractivity contribution in [1.29, 1.82) is 0 Å². The zero-order valence-corrected chi connectivity index (χ0v) is 43.6. The Hall–Kier alpha value is -3.74. The molecule has 7 heteroatoms. The molecule has 0 heterocycles. The Morgan fingerprint density at radius 1 is 0.365 bits per heavy atom. The van der Waals surface area contributed by atoms with Crippen molar-refractivity contribution in [2.24, 2.45) is 0 Å². The van der Waals surface area contributed by atoms with Crippen molar-refractivity contribution in [3.05, 3.63) is 190 Å². The molecule has 0 saturated carbocycles. The first kappa shape index (κ1) is 48.7. The van der Waals surface area contributed by atoms with E-state index in [1.54, 1.807) is 0 Å². The molecule has 0 bridgehead atoms. The third-order valence-corrected chi connectivity index (χ3v) is 19.3. The number of hydrogen-bond donors (Lipinski definition) is 2. The van der Waals surface area contributed by atoms with Gasteiger partial charge >= 0.3 is 34.5 Å². The number of rotatable bonds is 10. The Morgan fingerprint density at radius 2 is 0.619 bits per heavy atom. The molecule has 0 fully saturated rings. The molecule has 8 aromatic rings. The van der Waals surface area contributed by atoms with E-state index < -0.39 is 15.8 Å². The predicted octanol–water partition coefficient (Wildman–Crippen LogP) is 11.9. The van der Waals surface area contributed by atoms with Gasteiger partial charge in [-0.15, -0.1) is 0 Å². The summed E-state index contributed by atoms with van der Waals surface area (Å²) in [4.78, 5) is 0. The van der Waals surface area contributed by atoms with Gasteiger partial charge < -0.3 is 10.6 Å². The van der Waals surface area contributed by atoms with Gasteiger partial charge in [0.2, 0.25) is 0 Å². The van der Waals surface area contributed by atoms with Gasteiger partial charge in [0, 0.05) is 24.2 Å². The normalized spacial score (nSPS) is 11.1. The van der Waals surface area contributed by atoms with Gasteiger partial charge in [-0.05, 0) is 148 Å². The van der Waals surface area contributed by atoms with Gasteiger partial charge in [-0.25, -0.2) is 0 Å². The van der Waals surface area contributed by atoms with E-state index in [4.69, 9.17) is 19.4 Å². The Balaban J connectivity index is 0.000000670. The summed E-state index contributed by atoms with van der Waals surface area (Å²) in [6.45, 7) is 20.7. The monoisotopic (exact) mass is 996 g/mol. The Bertz CT molecular complexity index is 2460. The SMILES string of the molecule is CNCCNC.Cc1cccc(C)c1[PH+](c1ccc2ccccc2c1-c1c([PH+](c2c(C)cccc2C)c2c(C)cccc2C)ccc2ccccc12)c1c(C)cccc1C.[Cl][Ru+2][Cl]. The molecule has 8 aromatic carbocycles. The molecule has 0 radical (unpaired) electrons. The van der Waals surface area contributed by atoms with Crippen LogP contribution >= 0.6 is 35.2 Å². The van der Waals surface area contributed by atoms with Gasteiger partial charge in [-0.2, -0.15) is 0 Å². The average molecular weight is 997 g/mol. The number of aryl methyl sites for hydroxylation is 8. The van der Waals surface area contributed by atoms with Crippen LogP contribution in [-0.2, 0) is 15.1 Å². The summed E-state index contributed by atoms with van der Waals surface area (Å²) < 4.78 is 0. The summed E-state index contributed by atoms with van der Waals surface area (Å²) in [5, 5.41) is 20.2. The molecule has 63 heavy (non-hydrogen) atoms. The Kier molecular flexibility index (Phi) is 17.7. The van der Waals surface area contributed by atoms with Crippen molar-refractivity contribution in [1.82, 2.24) is 10.6 Å². The van der Waals surface area contributed by atoms with Crippen LogP contribution in [0.1, 0.15) is 44.5 Å². The number of nitrogens with one attached hydrogen (secondary N) is 2. The molecule has 0 spiro atoms. The molecule has 0 amide bonds. The molecule has 0 aliphatic carbocycles. The van der Waals surface area contributed by atoms with Gasteiger partial charge in [0.25, 0.3) is 0 Å². The fraction of sp³-hybridized carbons (Fsp3) is 0.214. The number of likely N-dealkylation sites (N-methyl/N-ethyl adjacent to an activating group) is 2. The van der Waals surface area contributed by atoms with E-state index in [9.17, 15) is 0 Å². The number of halogens is 2. The molecular weight excluding hydrogens is 935 g/mol. The predicted molar refractivity (Wildman–Crippen MR) is 285 cm³/mol. The summed E-state index contributed by atoms with van der Waals surface area (Å²) >= 11 is -0.346. The van der Waals surface area contributed by atoms with E-state index in [1.807, 2.05) is 14.1 Å². The summed E-state index contributed by atoms with van der Waals surface area (Å²) in [5.74, 6) is 0. The number of benzene rings is 8. The van der Waals surface area contributed by atoms with Crippen LogP contribution < -0.4 is 42.5 Å². The maximum absolute atomic E-state index is 4.85. The second kappa shape index (κ2) is 22.9. The van der Waals surface area contributed by atoms with E-state index in [2.05, 4.69) is 212 Å². The average Bonchev–Trinajstić information content (AvgIpc) is 3.27. The maximum atomic E-state index is 4.85. The van der Waals surface area contributed by atoms with Crippen LogP contribution in [0.2, 0.25) is 0 Å². The summed E-state index contributed by atoms with van der Waals surface area (Å²) in [7, 11) is 10.5. The van der Waals surface area contributed by atoms with Crippen LogP contribution in [0.3, 0.4) is 0 Å². The van der Waals surface area contributed by atoms with Crippen molar-refractivity contribution in [3.8, 4) is 11.1 Å².